The van der Waals surface area contributed by atoms with E-state index in [1.54, 1.807) is 16.8 Å². The van der Waals surface area contributed by atoms with Crippen LogP contribution in [0.5, 0.6) is 11.5 Å². The second-order valence-electron chi connectivity index (χ2n) is 7.66. The van der Waals surface area contributed by atoms with Crippen molar-refractivity contribution >= 4 is 17.5 Å². The van der Waals surface area contributed by atoms with E-state index in [4.69, 9.17) is 21.1 Å². The van der Waals surface area contributed by atoms with E-state index in [1.165, 1.54) is 5.56 Å². The Balaban J connectivity index is 1.50. The lowest BCUT2D eigenvalue weighted by Gasteiger charge is -2.40. The smallest absolute Gasteiger partial charge is 0.270 e. The molecule has 1 fully saturated rings. The third-order valence-electron chi connectivity index (χ3n) is 5.33. The third-order valence-corrected chi connectivity index (χ3v) is 5.53. The first-order valence-corrected chi connectivity index (χ1v) is 9.31. The Kier molecular flexibility index (Phi) is 4.35. The Bertz CT molecular complexity index is 848. The van der Waals surface area contributed by atoms with Gasteiger partial charge in [0.25, 0.3) is 5.91 Å². The molecular formula is C20H23ClN2O3. The number of nitrogens with zero attached hydrogens (tertiary/aromatic N) is 2. The number of hydrogen-bond acceptors (Lipinski definition) is 3. The summed E-state index contributed by atoms with van der Waals surface area (Å²) >= 11 is 6.04. The molecule has 26 heavy (non-hydrogen) atoms. The zero-order valence-corrected chi connectivity index (χ0v) is 15.9. The molecule has 2 aromatic rings. The van der Waals surface area contributed by atoms with Gasteiger partial charge in [-0.05, 0) is 48.4 Å². The average Bonchev–Trinajstić information content (AvgIpc) is 3.19. The Hall–Kier alpha value is -2.14. The number of carbonyl (C=O) groups is 1. The topological polar surface area (TPSA) is 43.7 Å². The van der Waals surface area contributed by atoms with E-state index >= 15 is 0 Å². The van der Waals surface area contributed by atoms with Crippen molar-refractivity contribution in [2.75, 3.05) is 19.9 Å². The van der Waals surface area contributed by atoms with E-state index in [0.29, 0.717) is 10.7 Å². The van der Waals surface area contributed by atoms with Crippen LogP contribution in [0.15, 0.2) is 30.5 Å². The molecule has 0 bridgehead atoms. The van der Waals surface area contributed by atoms with Gasteiger partial charge in [-0.2, -0.15) is 0 Å². The molecule has 1 amide bonds. The normalized spacial score (nSPS) is 21.9. The third kappa shape index (κ3) is 3.28. The van der Waals surface area contributed by atoms with Crippen LogP contribution in [0.1, 0.15) is 35.8 Å². The van der Waals surface area contributed by atoms with Crippen LogP contribution in [0.2, 0.25) is 5.02 Å². The number of rotatable bonds is 3. The van der Waals surface area contributed by atoms with Crippen LogP contribution >= 0.6 is 11.6 Å². The first kappa shape index (κ1) is 17.3. The fourth-order valence-electron chi connectivity index (χ4n) is 4.08. The Morgan fingerprint density at radius 2 is 2.08 bits per heavy atom. The molecule has 1 aromatic carbocycles. The van der Waals surface area contributed by atoms with Crippen molar-refractivity contribution in [3.05, 3.63) is 46.7 Å². The minimum atomic E-state index is 0.0383. The number of piperidine rings is 1. The van der Waals surface area contributed by atoms with E-state index in [-0.39, 0.29) is 18.1 Å². The van der Waals surface area contributed by atoms with Crippen LogP contribution in [0.4, 0.5) is 0 Å². The van der Waals surface area contributed by atoms with Gasteiger partial charge in [0.05, 0.1) is 5.02 Å². The lowest BCUT2D eigenvalue weighted by molar-refractivity contribution is 0.0541. The number of halogens is 1. The maximum atomic E-state index is 12.9. The summed E-state index contributed by atoms with van der Waals surface area (Å²) in [6, 6.07) is 7.87. The number of hydrogen-bond donors (Lipinski definition) is 0. The summed E-state index contributed by atoms with van der Waals surface area (Å²) in [5.74, 6) is 1.67. The van der Waals surface area contributed by atoms with E-state index in [9.17, 15) is 4.79 Å². The van der Waals surface area contributed by atoms with Crippen molar-refractivity contribution in [1.29, 1.82) is 0 Å². The van der Waals surface area contributed by atoms with Crippen LogP contribution < -0.4 is 9.47 Å². The minimum absolute atomic E-state index is 0.0383. The molecule has 138 valence electrons. The van der Waals surface area contributed by atoms with Crippen LogP contribution in [0.25, 0.3) is 0 Å². The molecule has 0 aliphatic carbocycles. The number of aryl methyl sites for hydroxylation is 1. The molecule has 1 unspecified atom stereocenters. The van der Waals surface area contributed by atoms with Gasteiger partial charge in [-0.25, -0.2) is 0 Å². The lowest BCUT2D eigenvalue weighted by atomic mass is 9.77. The fraction of sp³-hybridized carbons (Fsp3) is 0.450. The summed E-state index contributed by atoms with van der Waals surface area (Å²) in [5.41, 5.74) is 1.90. The molecule has 0 spiro atoms. The van der Waals surface area contributed by atoms with E-state index in [1.807, 2.05) is 18.0 Å². The molecule has 1 aromatic heterocycles. The van der Waals surface area contributed by atoms with Crippen LogP contribution in [0, 0.1) is 5.41 Å². The predicted octanol–water partition coefficient (Wildman–Crippen LogP) is 3.89. The van der Waals surface area contributed by atoms with Crippen molar-refractivity contribution in [1.82, 2.24) is 9.47 Å². The van der Waals surface area contributed by atoms with Gasteiger partial charge >= 0.3 is 0 Å². The molecule has 1 saturated heterocycles. The first-order chi connectivity index (χ1) is 12.4. The zero-order valence-electron chi connectivity index (χ0n) is 15.1. The average molecular weight is 375 g/mol. The molecule has 5 nitrogen and oxygen atoms in total. The van der Waals surface area contributed by atoms with Crippen molar-refractivity contribution in [3.63, 3.8) is 0 Å². The molecule has 2 aliphatic heterocycles. The van der Waals surface area contributed by atoms with Gasteiger partial charge in [0.1, 0.15) is 5.69 Å². The molecule has 3 heterocycles. The van der Waals surface area contributed by atoms with Gasteiger partial charge in [-0.1, -0.05) is 24.6 Å². The van der Waals surface area contributed by atoms with E-state index in [2.05, 4.69) is 19.1 Å². The molecule has 4 rings (SSSR count). The second kappa shape index (κ2) is 6.54. The molecule has 0 radical (unpaired) electrons. The second-order valence-corrected chi connectivity index (χ2v) is 8.10. The number of ether oxygens (including phenoxy) is 2. The molecule has 2 aliphatic rings. The number of amides is 1. The van der Waals surface area contributed by atoms with Gasteiger partial charge in [0.15, 0.2) is 11.5 Å². The van der Waals surface area contributed by atoms with Crippen molar-refractivity contribution < 1.29 is 14.3 Å². The SMILES string of the molecule is Cn1cc(Cl)cc1C(=O)N1CCCC(C)(Cc2ccc3c(c2)OCO3)C1. The fourth-order valence-corrected chi connectivity index (χ4v) is 4.33. The highest BCUT2D eigenvalue weighted by atomic mass is 35.5. The monoisotopic (exact) mass is 374 g/mol. The number of likely N-dealkylation sites (tertiary alicyclic amines) is 1. The Morgan fingerprint density at radius 1 is 1.27 bits per heavy atom. The summed E-state index contributed by atoms with van der Waals surface area (Å²) in [4.78, 5) is 14.9. The van der Waals surface area contributed by atoms with Gasteiger partial charge in [-0.3, -0.25) is 4.79 Å². The van der Waals surface area contributed by atoms with E-state index < -0.39 is 0 Å². The summed E-state index contributed by atoms with van der Waals surface area (Å²) in [6.07, 6.45) is 4.77. The molecule has 6 heteroatoms. The molecule has 1 atom stereocenters. The molecule has 0 N–H and O–H groups in total. The van der Waals surface area contributed by atoms with Gasteiger partial charge in [0, 0.05) is 26.3 Å². The largest absolute Gasteiger partial charge is 0.454 e. The van der Waals surface area contributed by atoms with Gasteiger partial charge in [-0.15, -0.1) is 0 Å². The first-order valence-electron chi connectivity index (χ1n) is 8.93. The molecule has 0 saturated carbocycles. The van der Waals surface area contributed by atoms with Crippen LogP contribution in [-0.4, -0.2) is 35.3 Å². The molecular weight excluding hydrogens is 352 g/mol. The number of carbonyl (C=O) groups excluding carboxylic acids is 1. The van der Waals surface area contributed by atoms with E-state index in [0.717, 1.165) is 43.9 Å². The van der Waals surface area contributed by atoms with Crippen LogP contribution in [-0.2, 0) is 13.5 Å². The zero-order chi connectivity index (χ0) is 18.3. The number of aromatic nitrogens is 1. The summed E-state index contributed by atoms with van der Waals surface area (Å²) in [6.45, 7) is 4.08. The van der Waals surface area contributed by atoms with Gasteiger partial charge in [0.2, 0.25) is 6.79 Å². The number of fused-ring (bicyclic) bond motifs is 1. The van der Waals surface area contributed by atoms with Crippen molar-refractivity contribution in [2.24, 2.45) is 12.5 Å². The van der Waals surface area contributed by atoms with Crippen LogP contribution in [0.3, 0.4) is 0 Å². The summed E-state index contributed by atoms with van der Waals surface area (Å²) in [7, 11) is 1.86. The van der Waals surface area contributed by atoms with Crippen molar-refractivity contribution in [3.8, 4) is 11.5 Å². The van der Waals surface area contributed by atoms with Crippen molar-refractivity contribution in [2.45, 2.75) is 26.2 Å². The highest BCUT2D eigenvalue weighted by Crippen LogP contribution is 2.38. The standard InChI is InChI=1S/C20H23ClN2O3/c1-20(10-14-4-5-17-18(8-14)26-13-25-17)6-3-7-23(12-20)19(24)16-9-15(21)11-22(16)2/h4-5,8-9,11H,3,6-7,10,12-13H2,1-2H3. The minimum Gasteiger partial charge on any atom is -0.454 e. The Labute approximate surface area is 158 Å². The lowest BCUT2D eigenvalue weighted by Crippen LogP contribution is -2.46. The summed E-state index contributed by atoms with van der Waals surface area (Å²) in [5, 5.41) is 0.594. The quantitative estimate of drug-likeness (QED) is 0.818. The van der Waals surface area contributed by atoms with Gasteiger partial charge < -0.3 is 18.9 Å². The Morgan fingerprint density at radius 3 is 2.85 bits per heavy atom. The highest BCUT2D eigenvalue weighted by Gasteiger charge is 2.34. The maximum absolute atomic E-state index is 12.9. The number of benzene rings is 1. The summed E-state index contributed by atoms with van der Waals surface area (Å²) < 4.78 is 12.7. The highest BCUT2D eigenvalue weighted by molar-refractivity contribution is 6.31. The maximum Gasteiger partial charge on any atom is 0.270 e. The predicted molar refractivity (Wildman–Crippen MR) is 99.9 cm³/mol.